The molecule has 96 valence electrons. The third-order valence-corrected chi connectivity index (χ3v) is 3.17. The lowest BCUT2D eigenvalue weighted by Crippen LogP contribution is -2.23. The maximum Gasteiger partial charge on any atom is 0.169 e. The summed E-state index contributed by atoms with van der Waals surface area (Å²) in [6.45, 7) is 3.13. The fourth-order valence-corrected chi connectivity index (χ4v) is 2.18. The van der Waals surface area contributed by atoms with Crippen molar-refractivity contribution in [3.8, 4) is 0 Å². The molecule has 0 radical (unpaired) electrons. The van der Waals surface area contributed by atoms with Gasteiger partial charge in [0.15, 0.2) is 4.67 Å². The highest BCUT2D eigenvalue weighted by molar-refractivity contribution is 9.10. The van der Waals surface area contributed by atoms with Crippen molar-refractivity contribution in [1.82, 2.24) is 10.3 Å². The van der Waals surface area contributed by atoms with Crippen LogP contribution in [0.4, 0.5) is 0 Å². The van der Waals surface area contributed by atoms with Gasteiger partial charge >= 0.3 is 0 Å². The summed E-state index contributed by atoms with van der Waals surface area (Å²) < 4.78 is 6.42. The molecular formula is C14H17BrN2O. The first-order valence-electron chi connectivity index (χ1n) is 6.17. The maximum absolute atomic E-state index is 5.65. The van der Waals surface area contributed by atoms with E-state index >= 15 is 0 Å². The first kappa shape index (κ1) is 13.3. The average Bonchev–Trinajstić information content (AvgIpc) is 2.82. The number of aromatic nitrogens is 1. The van der Waals surface area contributed by atoms with E-state index < -0.39 is 0 Å². The molecule has 0 aromatic carbocycles. The molecule has 2 rings (SSSR count). The molecule has 1 N–H and O–H groups in total. The molecule has 0 amide bonds. The Morgan fingerprint density at radius 1 is 1.39 bits per heavy atom. The highest BCUT2D eigenvalue weighted by atomic mass is 79.9. The van der Waals surface area contributed by atoms with Crippen LogP contribution in [0.2, 0.25) is 0 Å². The third kappa shape index (κ3) is 3.68. The van der Waals surface area contributed by atoms with Gasteiger partial charge in [0.25, 0.3) is 0 Å². The van der Waals surface area contributed by atoms with E-state index in [-0.39, 0.29) is 6.04 Å². The molecule has 0 bridgehead atoms. The number of rotatable bonds is 6. The number of hydrogen-bond donors (Lipinski definition) is 1. The molecule has 4 heteroatoms. The van der Waals surface area contributed by atoms with Gasteiger partial charge < -0.3 is 9.73 Å². The predicted octanol–water partition coefficient (Wildman–Crippen LogP) is 3.72. The monoisotopic (exact) mass is 308 g/mol. The van der Waals surface area contributed by atoms with Crippen LogP contribution in [-0.4, -0.2) is 11.5 Å². The van der Waals surface area contributed by atoms with Crippen molar-refractivity contribution in [3.63, 3.8) is 0 Å². The SMILES string of the molecule is CCCNC(Cc1cccnc1)c1ccc(Br)o1. The van der Waals surface area contributed by atoms with Crippen LogP contribution >= 0.6 is 15.9 Å². The maximum atomic E-state index is 5.65. The van der Waals surface area contributed by atoms with Gasteiger partial charge in [-0.15, -0.1) is 0 Å². The van der Waals surface area contributed by atoms with Crippen molar-refractivity contribution in [1.29, 1.82) is 0 Å². The number of halogens is 1. The minimum atomic E-state index is 0.195. The summed E-state index contributed by atoms with van der Waals surface area (Å²) in [6, 6.07) is 8.18. The molecule has 0 saturated carbocycles. The summed E-state index contributed by atoms with van der Waals surface area (Å²) in [6.07, 6.45) is 5.68. The Morgan fingerprint density at radius 2 is 2.28 bits per heavy atom. The van der Waals surface area contributed by atoms with E-state index in [4.69, 9.17) is 4.42 Å². The van der Waals surface area contributed by atoms with Gasteiger partial charge in [-0.3, -0.25) is 4.98 Å². The zero-order valence-corrected chi connectivity index (χ0v) is 12.0. The molecule has 0 aliphatic heterocycles. The second kappa shape index (κ2) is 6.71. The zero-order chi connectivity index (χ0) is 12.8. The van der Waals surface area contributed by atoms with Gasteiger partial charge in [-0.25, -0.2) is 0 Å². The molecule has 2 aromatic heterocycles. The Labute approximate surface area is 116 Å². The van der Waals surface area contributed by atoms with Crippen molar-refractivity contribution in [2.45, 2.75) is 25.8 Å². The first-order chi connectivity index (χ1) is 8.79. The largest absolute Gasteiger partial charge is 0.453 e. The number of nitrogens with zero attached hydrogens (tertiary/aromatic N) is 1. The van der Waals surface area contributed by atoms with E-state index in [1.807, 2.05) is 24.4 Å². The molecule has 0 aliphatic carbocycles. The van der Waals surface area contributed by atoms with E-state index in [1.54, 1.807) is 6.20 Å². The number of hydrogen-bond acceptors (Lipinski definition) is 3. The van der Waals surface area contributed by atoms with Crippen molar-refractivity contribution >= 4 is 15.9 Å². The van der Waals surface area contributed by atoms with Crippen LogP contribution < -0.4 is 5.32 Å². The third-order valence-electron chi connectivity index (χ3n) is 2.74. The van der Waals surface area contributed by atoms with Crippen LogP contribution in [0.3, 0.4) is 0 Å². The molecule has 1 unspecified atom stereocenters. The highest BCUT2D eigenvalue weighted by Gasteiger charge is 2.15. The summed E-state index contributed by atoms with van der Waals surface area (Å²) in [5.74, 6) is 0.958. The average molecular weight is 309 g/mol. The standard InChI is InChI=1S/C14H17BrN2O/c1-2-7-17-12(13-5-6-14(15)18-13)9-11-4-3-8-16-10-11/h3-6,8,10,12,17H,2,7,9H2,1H3. The van der Waals surface area contributed by atoms with Crippen molar-refractivity contribution in [2.24, 2.45) is 0 Å². The second-order valence-corrected chi connectivity index (χ2v) is 5.00. The van der Waals surface area contributed by atoms with Gasteiger partial charge in [-0.05, 0) is 59.1 Å². The van der Waals surface area contributed by atoms with Gasteiger partial charge in [-0.2, -0.15) is 0 Å². The molecule has 0 spiro atoms. The van der Waals surface area contributed by atoms with E-state index in [1.165, 1.54) is 5.56 Å². The fraction of sp³-hybridized carbons (Fsp3) is 0.357. The summed E-state index contributed by atoms with van der Waals surface area (Å²) >= 11 is 3.35. The van der Waals surface area contributed by atoms with E-state index in [0.717, 1.165) is 29.8 Å². The highest BCUT2D eigenvalue weighted by Crippen LogP contribution is 2.23. The number of furan rings is 1. The van der Waals surface area contributed by atoms with Gasteiger partial charge in [0.2, 0.25) is 0 Å². The fourth-order valence-electron chi connectivity index (χ4n) is 1.86. The Kier molecular flexibility index (Phi) is 4.96. The summed E-state index contributed by atoms with van der Waals surface area (Å²) in [4.78, 5) is 4.15. The van der Waals surface area contributed by atoms with Crippen LogP contribution in [0.1, 0.15) is 30.7 Å². The normalized spacial score (nSPS) is 12.6. The Bertz CT molecular complexity index is 470. The molecule has 3 nitrogen and oxygen atoms in total. The van der Waals surface area contributed by atoms with E-state index in [9.17, 15) is 0 Å². The number of pyridine rings is 1. The van der Waals surface area contributed by atoms with Crippen LogP contribution in [0, 0.1) is 0 Å². The number of nitrogens with one attached hydrogen (secondary N) is 1. The van der Waals surface area contributed by atoms with Crippen molar-refractivity contribution in [2.75, 3.05) is 6.54 Å². The predicted molar refractivity (Wildman–Crippen MR) is 75.4 cm³/mol. The van der Waals surface area contributed by atoms with Gasteiger partial charge in [0.1, 0.15) is 5.76 Å². The topological polar surface area (TPSA) is 38.1 Å². The minimum Gasteiger partial charge on any atom is -0.453 e. The summed E-state index contributed by atoms with van der Waals surface area (Å²) in [5.41, 5.74) is 1.21. The quantitative estimate of drug-likeness (QED) is 0.884. The molecule has 0 fully saturated rings. The van der Waals surface area contributed by atoms with E-state index in [0.29, 0.717) is 0 Å². The van der Waals surface area contributed by atoms with Crippen LogP contribution in [0.25, 0.3) is 0 Å². The summed E-state index contributed by atoms with van der Waals surface area (Å²) in [5, 5.41) is 3.51. The Balaban J connectivity index is 2.10. The second-order valence-electron chi connectivity index (χ2n) is 4.21. The van der Waals surface area contributed by atoms with Gasteiger partial charge in [0, 0.05) is 12.4 Å². The van der Waals surface area contributed by atoms with Crippen LogP contribution in [0.15, 0.2) is 45.7 Å². The lowest BCUT2D eigenvalue weighted by molar-refractivity contribution is 0.400. The van der Waals surface area contributed by atoms with Crippen molar-refractivity contribution in [3.05, 3.63) is 52.7 Å². The zero-order valence-electron chi connectivity index (χ0n) is 10.4. The molecule has 0 aliphatic rings. The Morgan fingerprint density at radius 3 is 2.89 bits per heavy atom. The molecule has 0 saturated heterocycles. The van der Waals surface area contributed by atoms with Gasteiger partial charge in [-0.1, -0.05) is 13.0 Å². The molecule has 1 atom stereocenters. The van der Waals surface area contributed by atoms with Crippen LogP contribution in [-0.2, 0) is 6.42 Å². The lowest BCUT2D eigenvalue weighted by Gasteiger charge is -2.16. The molecule has 18 heavy (non-hydrogen) atoms. The van der Waals surface area contributed by atoms with Crippen molar-refractivity contribution < 1.29 is 4.42 Å². The smallest absolute Gasteiger partial charge is 0.169 e. The minimum absolute atomic E-state index is 0.195. The van der Waals surface area contributed by atoms with Gasteiger partial charge in [0.05, 0.1) is 6.04 Å². The lowest BCUT2D eigenvalue weighted by atomic mass is 10.1. The first-order valence-corrected chi connectivity index (χ1v) is 6.96. The van der Waals surface area contributed by atoms with Crippen LogP contribution in [0.5, 0.6) is 0 Å². The molecule has 2 heterocycles. The molecular weight excluding hydrogens is 292 g/mol. The summed E-state index contributed by atoms with van der Waals surface area (Å²) in [7, 11) is 0. The Hall–Kier alpha value is -1.13. The van der Waals surface area contributed by atoms with E-state index in [2.05, 4.69) is 39.2 Å². The molecule has 2 aromatic rings.